The van der Waals surface area contributed by atoms with Crippen LogP contribution in [0.2, 0.25) is 0 Å². The predicted molar refractivity (Wildman–Crippen MR) is 55.7 cm³/mol. The summed E-state index contributed by atoms with van der Waals surface area (Å²) in [5.41, 5.74) is 8.42. The summed E-state index contributed by atoms with van der Waals surface area (Å²) < 4.78 is 0. The molecule has 0 radical (unpaired) electrons. The third kappa shape index (κ3) is 1.84. The van der Waals surface area contributed by atoms with Crippen LogP contribution in [0.5, 0.6) is 0 Å². The zero-order chi connectivity index (χ0) is 9.26. The molecule has 0 aliphatic heterocycles. The first-order valence-corrected chi connectivity index (χ1v) is 5.91. The van der Waals surface area contributed by atoms with E-state index in [0.717, 1.165) is 17.2 Å². The number of halogens is 1. The first-order valence-electron chi connectivity index (χ1n) is 4.99. The fraction of sp³-hybridized carbons (Fsp3) is 1.00. The van der Waals surface area contributed by atoms with Gasteiger partial charge in [0.05, 0.1) is 0 Å². The van der Waals surface area contributed by atoms with E-state index >= 15 is 0 Å². The van der Waals surface area contributed by atoms with Gasteiger partial charge in [-0.05, 0) is 49.5 Å². The SMILES string of the molecule is [N-]=[N+]=NC1CCC2CC1CCC2Br. The predicted octanol–water partition coefficient (Wildman–Crippen LogP) is 3.64. The molecule has 0 aromatic heterocycles. The van der Waals surface area contributed by atoms with Crippen molar-refractivity contribution in [3.8, 4) is 0 Å². The molecule has 4 atom stereocenters. The van der Waals surface area contributed by atoms with Gasteiger partial charge in [0.2, 0.25) is 0 Å². The Balaban J connectivity index is 2.04. The molecular formula is C9H14BrN3. The molecule has 2 aliphatic rings. The van der Waals surface area contributed by atoms with Crippen LogP contribution in [0, 0.1) is 11.8 Å². The highest BCUT2D eigenvalue weighted by Gasteiger charge is 2.36. The lowest BCUT2D eigenvalue weighted by Crippen LogP contribution is -2.36. The van der Waals surface area contributed by atoms with Crippen molar-refractivity contribution in [2.75, 3.05) is 0 Å². The summed E-state index contributed by atoms with van der Waals surface area (Å²) in [6.45, 7) is 0. The molecule has 2 fully saturated rings. The maximum absolute atomic E-state index is 8.42. The topological polar surface area (TPSA) is 48.8 Å². The van der Waals surface area contributed by atoms with Crippen molar-refractivity contribution in [1.82, 2.24) is 0 Å². The van der Waals surface area contributed by atoms with Crippen LogP contribution < -0.4 is 0 Å². The van der Waals surface area contributed by atoms with E-state index in [-0.39, 0.29) is 0 Å². The van der Waals surface area contributed by atoms with Crippen molar-refractivity contribution in [2.45, 2.75) is 43.0 Å². The van der Waals surface area contributed by atoms with Crippen LogP contribution in [0.15, 0.2) is 5.11 Å². The zero-order valence-electron chi connectivity index (χ0n) is 7.56. The van der Waals surface area contributed by atoms with Gasteiger partial charge in [0, 0.05) is 15.8 Å². The molecule has 2 aliphatic carbocycles. The molecule has 0 amide bonds. The Kier molecular flexibility index (Phi) is 2.80. The van der Waals surface area contributed by atoms with Gasteiger partial charge < -0.3 is 0 Å². The molecule has 2 bridgehead atoms. The second-order valence-electron chi connectivity index (χ2n) is 4.20. The number of hydrogen-bond acceptors (Lipinski definition) is 1. The van der Waals surface area contributed by atoms with E-state index < -0.39 is 0 Å². The summed E-state index contributed by atoms with van der Waals surface area (Å²) in [5, 5.41) is 3.89. The van der Waals surface area contributed by atoms with Gasteiger partial charge in [-0.15, -0.1) is 0 Å². The Labute approximate surface area is 86.6 Å². The van der Waals surface area contributed by atoms with Crippen LogP contribution in [-0.2, 0) is 0 Å². The molecule has 0 N–H and O–H groups in total. The van der Waals surface area contributed by atoms with Crippen LogP contribution in [0.3, 0.4) is 0 Å². The smallest absolute Gasteiger partial charge is 0.0402 e. The lowest BCUT2D eigenvalue weighted by atomic mass is 9.70. The highest BCUT2D eigenvalue weighted by atomic mass is 79.9. The third-order valence-electron chi connectivity index (χ3n) is 3.51. The quantitative estimate of drug-likeness (QED) is 0.292. The molecule has 0 aromatic rings. The van der Waals surface area contributed by atoms with E-state index in [4.69, 9.17) is 5.53 Å². The van der Waals surface area contributed by atoms with Crippen molar-refractivity contribution < 1.29 is 0 Å². The molecule has 72 valence electrons. The molecule has 2 rings (SSSR count). The number of fused-ring (bicyclic) bond motifs is 2. The van der Waals surface area contributed by atoms with Gasteiger partial charge in [0.25, 0.3) is 0 Å². The second-order valence-corrected chi connectivity index (χ2v) is 5.37. The van der Waals surface area contributed by atoms with Crippen LogP contribution in [0.25, 0.3) is 10.4 Å². The van der Waals surface area contributed by atoms with E-state index in [0.29, 0.717) is 12.0 Å². The molecule has 0 spiro atoms. The largest absolute Gasteiger partial charge is 0.0903 e. The van der Waals surface area contributed by atoms with Crippen molar-refractivity contribution in [2.24, 2.45) is 17.0 Å². The van der Waals surface area contributed by atoms with E-state index in [2.05, 4.69) is 26.0 Å². The third-order valence-corrected chi connectivity index (χ3v) is 4.71. The average Bonchev–Trinajstić information content (AvgIpc) is 2.15. The van der Waals surface area contributed by atoms with Crippen LogP contribution in [-0.4, -0.2) is 10.9 Å². The fourth-order valence-corrected chi connectivity index (χ4v) is 3.49. The van der Waals surface area contributed by atoms with Gasteiger partial charge in [-0.3, -0.25) is 0 Å². The molecular weight excluding hydrogens is 230 g/mol. The number of alkyl halides is 1. The number of azide groups is 1. The van der Waals surface area contributed by atoms with Crippen LogP contribution in [0.4, 0.5) is 0 Å². The van der Waals surface area contributed by atoms with Crippen LogP contribution in [0.1, 0.15) is 32.1 Å². The minimum absolute atomic E-state index is 0.293. The molecule has 2 saturated carbocycles. The fourth-order valence-electron chi connectivity index (χ4n) is 2.75. The molecule has 3 nitrogen and oxygen atoms in total. The van der Waals surface area contributed by atoms with E-state index in [9.17, 15) is 0 Å². The monoisotopic (exact) mass is 243 g/mol. The molecule has 0 saturated heterocycles. The van der Waals surface area contributed by atoms with Crippen molar-refractivity contribution in [3.05, 3.63) is 10.4 Å². The normalized spacial score (nSPS) is 43.8. The Morgan fingerprint density at radius 2 is 1.92 bits per heavy atom. The summed E-state index contributed by atoms with van der Waals surface area (Å²) in [4.78, 5) is 3.66. The second kappa shape index (κ2) is 3.89. The molecule has 4 unspecified atom stereocenters. The highest BCUT2D eigenvalue weighted by molar-refractivity contribution is 9.09. The van der Waals surface area contributed by atoms with Crippen molar-refractivity contribution in [1.29, 1.82) is 0 Å². The van der Waals surface area contributed by atoms with E-state index in [1.165, 1.54) is 25.7 Å². The lowest BCUT2D eigenvalue weighted by Gasteiger charge is -2.41. The number of rotatable bonds is 1. The first kappa shape index (κ1) is 9.35. The maximum Gasteiger partial charge on any atom is 0.0402 e. The minimum Gasteiger partial charge on any atom is -0.0903 e. The summed E-state index contributed by atoms with van der Waals surface area (Å²) in [5.74, 6) is 1.51. The van der Waals surface area contributed by atoms with E-state index in [1.807, 2.05) is 0 Å². The first-order chi connectivity index (χ1) is 6.31. The molecule has 4 heteroatoms. The Bertz CT molecular complexity index is 237. The van der Waals surface area contributed by atoms with Crippen LogP contribution >= 0.6 is 15.9 Å². The zero-order valence-corrected chi connectivity index (χ0v) is 9.15. The Morgan fingerprint density at radius 1 is 1.15 bits per heavy atom. The average molecular weight is 244 g/mol. The highest BCUT2D eigenvalue weighted by Crippen LogP contribution is 2.43. The standard InChI is InChI=1S/C9H14BrN3/c10-8-3-1-7-5-6(8)2-4-9(7)12-13-11/h6-9H,1-5H2. The Hall–Kier alpha value is -0.210. The summed E-state index contributed by atoms with van der Waals surface area (Å²) in [6.07, 6.45) is 6.08. The minimum atomic E-state index is 0.293. The molecule has 0 heterocycles. The van der Waals surface area contributed by atoms with Gasteiger partial charge >= 0.3 is 0 Å². The van der Waals surface area contributed by atoms with Gasteiger partial charge in [0.1, 0.15) is 0 Å². The van der Waals surface area contributed by atoms with Crippen molar-refractivity contribution in [3.63, 3.8) is 0 Å². The molecule has 0 aromatic carbocycles. The number of hydrogen-bond donors (Lipinski definition) is 0. The van der Waals surface area contributed by atoms with Gasteiger partial charge in [-0.1, -0.05) is 21.0 Å². The molecule has 13 heavy (non-hydrogen) atoms. The number of nitrogens with zero attached hydrogens (tertiary/aromatic N) is 3. The summed E-state index contributed by atoms with van der Waals surface area (Å²) in [6, 6.07) is 0.293. The Morgan fingerprint density at radius 3 is 2.69 bits per heavy atom. The van der Waals surface area contributed by atoms with Gasteiger partial charge in [-0.25, -0.2) is 0 Å². The maximum atomic E-state index is 8.42. The summed E-state index contributed by atoms with van der Waals surface area (Å²) in [7, 11) is 0. The van der Waals surface area contributed by atoms with E-state index in [1.54, 1.807) is 0 Å². The van der Waals surface area contributed by atoms with Gasteiger partial charge in [0.15, 0.2) is 0 Å². The van der Waals surface area contributed by atoms with Crippen molar-refractivity contribution >= 4 is 15.9 Å². The van der Waals surface area contributed by atoms with Gasteiger partial charge in [-0.2, -0.15) is 0 Å². The summed E-state index contributed by atoms with van der Waals surface area (Å²) >= 11 is 3.73. The lowest BCUT2D eigenvalue weighted by molar-refractivity contribution is 0.174.